The average molecular weight is 205 g/mol. The van der Waals surface area contributed by atoms with Gasteiger partial charge >= 0.3 is 0 Å². The third-order valence-electron chi connectivity index (χ3n) is 2.98. The summed E-state index contributed by atoms with van der Waals surface area (Å²) in [5.41, 5.74) is 4.05. The van der Waals surface area contributed by atoms with Crippen LogP contribution in [0.1, 0.15) is 27.0 Å². The molecule has 0 bridgehead atoms. The number of amides is 1. The van der Waals surface area contributed by atoms with E-state index in [1.165, 1.54) is 0 Å². The minimum atomic E-state index is 0.0238. The Morgan fingerprint density at radius 2 is 2.13 bits per heavy atom. The molecule has 3 nitrogen and oxygen atoms in total. The number of hydrogen-bond donors (Lipinski definition) is 1. The highest BCUT2D eigenvalue weighted by molar-refractivity contribution is 5.99. The molecule has 80 valence electrons. The van der Waals surface area contributed by atoms with E-state index in [-0.39, 0.29) is 5.91 Å². The van der Waals surface area contributed by atoms with Crippen LogP contribution < -0.4 is 10.1 Å². The van der Waals surface area contributed by atoms with Crippen LogP contribution in [0.3, 0.4) is 0 Å². The maximum Gasteiger partial charge on any atom is 0.251 e. The molecule has 15 heavy (non-hydrogen) atoms. The van der Waals surface area contributed by atoms with Gasteiger partial charge in [-0.05, 0) is 37.5 Å². The lowest BCUT2D eigenvalue weighted by Gasteiger charge is -2.22. The molecule has 0 saturated carbocycles. The molecule has 0 spiro atoms. The third kappa shape index (κ3) is 1.48. The smallest absolute Gasteiger partial charge is 0.251 e. The van der Waals surface area contributed by atoms with Gasteiger partial charge in [0.25, 0.3) is 5.91 Å². The van der Waals surface area contributed by atoms with Crippen molar-refractivity contribution in [3.8, 4) is 5.75 Å². The fourth-order valence-electron chi connectivity index (χ4n) is 2.17. The zero-order valence-electron chi connectivity index (χ0n) is 9.31. The van der Waals surface area contributed by atoms with Crippen molar-refractivity contribution in [3.63, 3.8) is 0 Å². The summed E-state index contributed by atoms with van der Waals surface area (Å²) in [6.45, 7) is 4.69. The van der Waals surface area contributed by atoms with Gasteiger partial charge in [0.05, 0.1) is 7.11 Å². The highest BCUT2D eigenvalue weighted by atomic mass is 16.5. The summed E-state index contributed by atoms with van der Waals surface area (Å²) in [7, 11) is 1.63. The monoisotopic (exact) mass is 205 g/mol. The zero-order valence-corrected chi connectivity index (χ0v) is 9.31. The van der Waals surface area contributed by atoms with Crippen LogP contribution in [-0.2, 0) is 6.42 Å². The molecule has 2 rings (SSSR count). The Bertz CT molecular complexity index is 424. The number of benzene rings is 1. The van der Waals surface area contributed by atoms with Crippen LogP contribution in [0.4, 0.5) is 0 Å². The number of carbonyl (C=O) groups excluding carboxylic acids is 1. The first-order valence-electron chi connectivity index (χ1n) is 5.10. The van der Waals surface area contributed by atoms with Crippen molar-refractivity contribution < 1.29 is 9.53 Å². The molecule has 0 saturated heterocycles. The van der Waals surface area contributed by atoms with E-state index in [2.05, 4.69) is 5.32 Å². The molecule has 0 fully saturated rings. The SMILES string of the molecule is COc1cc(C)c2c(c1C)C(=O)NCC2. The van der Waals surface area contributed by atoms with Gasteiger partial charge in [-0.3, -0.25) is 4.79 Å². The second-order valence-electron chi connectivity index (χ2n) is 3.88. The van der Waals surface area contributed by atoms with Crippen LogP contribution in [0, 0.1) is 13.8 Å². The Kier molecular flexibility index (Phi) is 2.39. The Balaban J connectivity index is 2.69. The van der Waals surface area contributed by atoms with Gasteiger partial charge < -0.3 is 10.1 Å². The average Bonchev–Trinajstić information content (AvgIpc) is 2.23. The topological polar surface area (TPSA) is 38.3 Å². The van der Waals surface area contributed by atoms with E-state index in [0.29, 0.717) is 0 Å². The highest BCUT2D eigenvalue weighted by Crippen LogP contribution is 2.29. The standard InChI is InChI=1S/C12H15NO2/c1-7-6-10(15-3)8(2)11-9(7)4-5-13-12(11)14/h6H,4-5H2,1-3H3,(H,13,14). The summed E-state index contributed by atoms with van der Waals surface area (Å²) in [6.07, 6.45) is 0.914. The van der Waals surface area contributed by atoms with E-state index in [1.807, 2.05) is 19.9 Å². The Morgan fingerprint density at radius 3 is 2.80 bits per heavy atom. The van der Waals surface area contributed by atoms with Crippen molar-refractivity contribution in [3.05, 3.63) is 28.3 Å². The predicted molar refractivity (Wildman–Crippen MR) is 58.5 cm³/mol. The van der Waals surface area contributed by atoms with Gasteiger partial charge in [-0.1, -0.05) is 0 Å². The summed E-state index contributed by atoms with van der Waals surface area (Å²) in [4.78, 5) is 11.8. The summed E-state index contributed by atoms with van der Waals surface area (Å²) in [6, 6.07) is 2.01. The number of hydrogen-bond acceptors (Lipinski definition) is 2. The highest BCUT2D eigenvalue weighted by Gasteiger charge is 2.22. The molecule has 1 aliphatic rings. The molecule has 1 N–H and O–H groups in total. The molecule has 0 radical (unpaired) electrons. The van der Waals surface area contributed by atoms with Crippen LogP contribution >= 0.6 is 0 Å². The summed E-state index contributed by atoms with van der Waals surface area (Å²) in [5.74, 6) is 0.819. The van der Waals surface area contributed by atoms with E-state index < -0.39 is 0 Å². The minimum Gasteiger partial charge on any atom is -0.496 e. The normalized spacial score (nSPS) is 14.5. The lowest BCUT2D eigenvalue weighted by molar-refractivity contribution is 0.0944. The van der Waals surface area contributed by atoms with E-state index in [0.717, 1.165) is 41.0 Å². The van der Waals surface area contributed by atoms with Crippen molar-refractivity contribution in [1.82, 2.24) is 5.32 Å². The molecule has 3 heteroatoms. The maximum atomic E-state index is 11.8. The van der Waals surface area contributed by atoms with E-state index in [4.69, 9.17) is 4.74 Å². The Labute approximate surface area is 89.4 Å². The largest absolute Gasteiger partial charge is 0.496 e. The molecular formula is C12H15NO2. The number of rotatable bonds is 1. The van der Waals surface area contributed by atoms with Crippen molar-refractivity contribution in [2.75, 3.05) is 13.7 Å². The van der Waals surface area contributed by atoms with Gasteiger partial charge in [0.2, 0.25) is 0 Å². The van der Waals surface area contributed by atoms with Crippen molar-refractivity contribution in [2.45, 2.75) is 20.3 Å². The van der Waals surface area contributed by atoms with Gasteiger partial charge in [0.15, 0.2) is 0 Å². The molecule has 0 atom stereocenters. The first-order valence-corrected chi connectivity index (χ1v) is 5.10. The number of carbonyl (C=O) groups is 1. The van der Waals surface area contributed by atoms with Gasteiger partial charge in [0, 0.05) is 17.7 Å². The fraction of sp³-hybridized carbons (Fsp3) is 0.417. The van der Waals surface area contributed by atoms with Crippen LogP contribution in [0.2, 0.25) is 0 Å². The van der Waals surface area contributed by atoms with Crippen LogP contribution in [-0.4, -0.2) is 19.6 Å². The van der Waals surface area contributed by atoms with Crippen molar-refractivity contribution in [2.24, 2.45) is 0 Å². The first-order chi connectivity index (χ1) is 7.15. The lowest BCUT2D eigenvalue weighted by Crippen LogP contribution is -2.33. The number of ether oxygens (including phenoxy) is 1. The van der Waals surface area contributed by atoms with Gasteiger partial charge in [-0.25, -0.2) is 0 Å². The van der Waals surface area contributed by atoms with Crippen molar-refractivity contribution in [1.29, 1.82) is 0 Å². The van der Waals surface area contributed by atoms with Gasteiger partial charge in [-0.2, -0.15) is 0 Å². The third-order valence-corrected chi connectivity index (χ3v) is 2.98. The molecular weight excluding hydrogens is 190 g/mol. The number of fused-ring (bicyclic) bond motifs is 1. The van der Waals surface area contributed by atoms with Crippen molar-refractivity contribution >= 4 is 5.91 Å². The fourth-order valence-corrected chi connectivity index (χ4v) is 2.17. The van der Waals surface area contributed by atoms with Gasteiger partial charge in [0.1, 0.15) is 5.75 Å². The molecule has 1 aromatic rings. The Morgan fingerprint density at radius 1 is 1.40 bits per heavy atom. The summed E-state index contributed by atoms with van der Waals surface area (Å²) < 4.78 is 5.26. The second kappa shape index (κ2) is 3.57. The quantitative estimate of drug-likeness (QED) is 0.756. The Hall–Kier alpha value is -1.51. The zero-order chi connectivity index (χ0) is 11.0. The number of aryl methyl sites for hydroxylation is 1. The molecule has 1 aliphatic heterocycles. The summed E-state index contributed by atoms with van der Waals surface area (Å²) >= 11 is 0. The van der Waals surface area contributed by atoms with E-state index in [1.54, 1.807) is 7.11 Å². The summed E-state index contributed by atoms with van der Waals surface area (Å²) in [5, 5.41) is 2.86. The first kappa shape index (κ1) is 10.0. The molecule has 1 heterocycles. The minimum absolute atomic E-state index is 0.0238. The van der Waals surface area contributed by atoms with Crippen LogP contribution in [0.5, 0.6) is 5.75 Å². The molecule has 0 unspecified atom stereocenters. The lowest BCUT2D eigenvalue weighted by atomic mass is 9.91. The molecule has 0 aromatic heterocycles. The predicted octanol–water partition coefficient (Wildman–Crippen LogP) is 1.60. The van der Waals surface area contributed by atoms with E-state index >= 15 is 0 Å². The second-order valence-corrected chi connectivity index (χ2v) is 3.88. The van der Waals surface area contributed by atoms with Gasteiger partial charge in [-0.15, -0.1) is 0 Å². The molecule has 1 amide bonds. The molecule has 0 aliphatic carbocycles. The van der Waals surface area contributed by atoms with Crippen LogP contribution in [0.25, 0.3) is 0 Å². The molecule has 1 aromatic carbocycles. The number of methoxy groups -OCH3 is 1. The van der Waals surface area contributed by atoms with E-state index in [9.17, 15) is 4.79 Å². The van der Waals surface area contributed by atoms with Crippen LogP contribution in [0.15, 0.2) is 6.07 Å². The number of nitrogens with one attached hydrogen (secondary N) is 1. The maximum absolute atomic E-state index is 11.8.